The Morgan fingerprint density at radius 2 is 1.50 bits per heavy atom. The molecule has 10 heteroatoms. The van der Waals surface area contributed by atoms with Gasteiger partial charge in [0.1, 0.15) is 11.9 Å². The summed E-state index contributed by atoms with van der Waals surface area (Å²) in [6.45, 7) is 1.29. The molecule has 46 heavy (non-hydrogen) atoms. The third kappa shape index (κ3) is 8.32. The molecule has 1 saturated heterocycles. The molecule has 0 spiro atoms. The number of nitrogens with zero attached hydrogens (tertiary/aromatic N) is 4. The maximum absolute atomic E-state index is 14.2. The number of carbonyl (C=O) groups excluding carboxylic acids is 2. The van der Waals surface area contributed by atoms with E-state index in [2.05, 4.69) is 44.8 Å². The summed E-state index contributed by atoms with van der Waals surface area (Å²) in [6, 6.07) is 23.6. The Morgan fingerprint density at radius 3 is 2.11 bits per heavy atom. The lowest BCUT2D eigenvalue weighted by atomic mass is 10.0. The summed E-state index contributed by atoms with van der Waals surface area (Å²) in [5, 5.41) is 5.55. The third-order valence-electron chi connectivity index (χ3n) is 8.08. The van der Waals surface area contributed by atoms with Crippen LogP contribution in [-0.4, -0.2) is 75.8 Å². The zero-order valence-corrected chi connectivity index (χ0v) is 26.8. The fourth-order valence-electron chi connectivity index (χ4n) is 5.34. The van der Waals surface area contributed by atoms with Gasteiger partial charge in [-0.1, -0.05) is 24.3 Å². The van der Waals surface area contributed by atoms with Gasteiger partial charge in [-0.15, -0.1) is 0 Å². The number of amides is 3. The Kier molecular flexibility index (Phi) is 10.4. The van der Waals surface area contributed by atoms with Crippen molar-refractivity contribution in [3.63, 3.8) is 0 Å². The van der Waals surface area contributed by atoms with Crippen molar-refractivity contribution < 1.29 is 18.7 Å². The van der Waals surface area contributed by atoms with Crippen LogP contribution in [0.2, 0.25) is 0 Å². The molecular weight excluding hydrogens is 583 g/mol. The van der Waals surface area contributed by atoms with E-state index in [4.69, 9.17) is 4.74 Å². The summed E-state index contributed by atoms with van der Waals surface area (Å²) < 4.78 is 20.4. The van der Waals surface area contributed by atoms with Crippen molar-refractivity contribution in [2.75, 3.05) is 62.9 Å². The molecule has 0 saturated carbocycles. The van der Waals surface area contributed by atoms with Crippen LogP contribution in [0.5, 0.6) is 5.88 Å². The van der Waals surface area contributed by atoms with Gasteiger partial charge in [-0.3, -0.25) is 4.79 Å². The number of hydrogen-bond donors (Lipinski definition) is 2. The largest absolute Gasteiger partial charge is 0.474 e. The van der Waals surface area contributed by atoms with Crippen LogP contribution in [0, 0.1) is 5.82 Å². The van der Waals surface area contributed by atoms with Gasteiger partial charge in [0, 0.05) is 89.9 Å². The molecule has 1 aliphatic rings. The number of benzene rings is 3. The topological polar surface area (TPSA) is 90.0 Å². The van der Waals surface area contributed by atoms with Gasteiger partial charge in [0.15, 0.2) is 0 Å². The van der Waals surface area contributed by atoms with Crippen molar-refractivity contribution >= 4 is 29.0 Å². The molecular formula is C36H41FN6O3. The summed E-state index contributed by atoms with van der Waals surface area (Å²) in [5.41, 5.74) is 5.78. The monoisotopic (exact) mass is 624 g/mol. The van der Waals surface area contributed by atoms with E-state index in [0.29, 0.717) is 44.8 Å². The molecule has 5 rings (SSSR count). The molecule has 1 aromatic heterocycles. The number of pyridine rings is 1. The summed E-state index contributed by atoms with van der Waals surface area (Å²) in [7, 11) is 7.99. The number of likely N-dealkylation sites (tertiary alicyclic amines) is 1. The van der Waals surface area contributed by atoms with Crippen LogP contribution < -0.4 is 25.2 Å². The fraction of sp³-hybridized carbons (Fsp3) is 0.306. The highest BCUT2D eigenvalue weighted by Crippen LogP contribution is 2.26. The third-order valence-corrected chi connectivity index (χ3v) is 8.08. The molecule has 3 aromatic carbocycles. The van der Waals surface area contributed by atoms with E-state index in [1.165, 1.54) is 18.2 Å². The van der Waals surface area contributed by atoms with Crippen LogP contribution in [-0.2, 0) is 6.42 Å². The molecule has 240 valence electrons. The minimum Gasteiger partial charge on any atom is -0.474 e. The standard InChI is InChI=1S/C36H41FN6O3/c1-41(2)29-11-5-25(6-12-29)17-20-38-36(45)40-33-15-10-28(37)23-32(33)35(44)43-21-18-31(19-22-43)46-34-16-9-27(24-39-34)26-7-13-30(14-8-26)42(3)4/h5-16,23-24,31H,17-22H2,1-4H3,(H2,38,40,45). The summed E-state index contributed by atoms with van der Waals surface area (Å²) >= 11 is 0. The lowest BCUT2D eigenvalue weighted by Gasteiger charge is -2.32. The first kappa shape index (κ1) is 32.3. The summed E-state index contributed by atoms with van der Waals surface area (Å²) in [4.78, 5) is 36.4. The van der Waals surface area contributed by atoms with Crippen molar-refractivity contribution in [2.45, 2.75) is 25.4 Å². The van der Waals surface area contributed by atoms with E-state index in [9.17, 15) is 14.0 Å². The second-order valence-electron chi connectivity index (χ2n) is 11.8. The molecule has 0 bridgehead atoms. The molecule has 0 atom stereocenters. The number of nitrogens with one attached hydrogen (secondary N) is 2. The molecule has 3 amide bonds. The molecule has 2 heterocycles. The van der Waals surface area contributed by atoms with Gasteiger partial charge in [-0.2, -0.15) is 0 Å². The quantitative estimate of drug-likeness (QED) is 0.223. The van der Waals surface area contributed by atoms with Crippen LogP contribution in [0.3, 0.4) is 0 Å². The Balaban J connectivity index is 1.11. The first-order valence-electron chi connectivity index (χ1n) is 15.5. The average Bonchev–Trinajstić information content (AvgIpc) is 3.06. The Hall–Kier alpha value is -5.12. The maximum atomic E-state index is 14.2. The van der Waals surface area contributed by atoms with Crippen LogP contribution in [0.4, 0.5) is 26.2 Å². The average molecular weight is 625 g/mol. The SMILES string of the molecule is CN(C)c1ccc(CCNC(=O)Nc2ccc(F)cc2C(=O)N2CCC(Oc3ccc(-c4ccc(N(C)C)cc4)cn3)CC2)cc1. The molecule has 0 aliphatic carbocycles. The normalized spacial score (nSPS) is 13.2. The molecule has 0 unspecified atom stereocenters. The second kappa shape index (κ2) is 14.8. The van der Waals surface area contributed by atoms with Crippen LogP contribution in [0.1, 0.15) is 28.8 Å². The van der Waals surface area contributed by atoms with Gasteiger partial charge in [0.2, 0.25) is 5.88 Å². The lowest BCUT2D eigenvalue weighted by Crippen LogP contribution is -2.42. The van der Waals surface area contributed by atoms with E-state index in [-0.39, 0.29) is 23.3 Å². The fourth-order valence-corrected chi connectivity index (χ4v) is 5.34. The number of halogens is 1. The van der Waals surface area contributed by atoms with Crippen LogP contribution in [0.25, 0.3) is 11.1 Å². The molecule has 9 nitrogen and oxygen atoms in total. The van der Waals surface area contributed by atoms with E-state index < -0.39 is 11.8 Å². The maximum Gasteiger partial charge on any atom is 0.319 e. The van der Waals surface area contributed by atoms with Crippen LogP contribution in [0.15, 0.2) is 85.1 Å². The highest BCUT2D eigenvalue weighted by Gasteiger charge is 2.27. The zero-order chi connectivity index (χ0) is 32.6. The first-order chi connectivity index (χ1) is 22.2. The molecule has 4 aromatic rings. The number of rotatable bonds is 10. The van der Waals surface area contributed by atoms with Crippen molar-refractivity contribution in [2.24, 2.45) is 0 Å². The minimum absolute atomic E-state index is 0.100. The van der Waals surface area contributed by atoms with Crippen molar-refractivity contribution in [1.82, 2.24) is 15.2 Å². The Morgan fingerprint density at radius 1 is 0.870 bits per heavy atom. The Labute approximate surface area is 270 Å². The van der Waals surface area contributed by atoms with E-state index in [1.54, 1.807) is 11.1 Å². The smallest absolute Gasteiger partial charge is 0.319 e. The van der Waals surface area contributed by atoms with Crippen molar-refractivity contribution in [1.29, 1.82) is 0 Å². The lowest BCUT2D eigenvalue weighted by molar-refractivity contribution is 0.0588. The van der Waals surface area contributed by atoms with Crippen molar-refractivity contribution in [3.05, 3.63) is 102 Å². The number of anilines is 3. The van der Waals surface area contributed by atoms with Gasteiger partial charge in [-0.05, 0) is 66.1 Å². The van der Waals surface area contributed by atoms with Gasteiger partial charge in [0.25, 0.3) is 5.91 Å². The van der Waals surface area contributed by atoms with E-state index in [1.807, 2.05) is 69.5 Å². The zero-order valence-electron chi connectivity index (χ0n) is 26.8. The van der Waals surface area contributed by atoms with Gasteiger partial charge in [-0.25, -0.2) is 14.2 Å². The van der Waals surface area contributed by atoms with E-state index in [0.717, 1.165) is 28.1 Å². The number of carbonyl (C=O) groups is 2. The Bertz CT molecular complexity index is 1620. The molecule has 2 N–H and O–H groups in total. The molecule has 1 aliphatic heterocycles. The van der Waals surface area contributed by atoms with Crippen molar-refractivity contribution in [3.8, 4) is 17.0 Å². The number of urea groups is 1. The van der Waals surface area contributed by atoms with Gasteiger partial charge in [0.05, 0.1) is 11.3 Å². The molecule has 1 fully saturated rings. The second-order valence-corrected chi connectivity index (χ2v) is 11.8. The van der Waals surface area contributed by atoms with Gasteiger partial charge < -0.3 is 30.1 Å². The highest BCUT2D eigenvalue weighted by atomic mass is 19.1. The number of hydrogen-bond acceptors (Lipinski definition) is 6. The minimum atomic E-state index is -0.545. The summed E-state index contributed by atoms with van der Waals surface area (Å²) in [6.07, 6.45) is 3.56. The molecule has 0 radical (unpaired) electrons. The number of aromatic nitrogens is 1. The van der Waals surface area contributed by atoms with Gasteiger partial charge >= 0.3 is 6.03 Å². The highest BCUT2D eigenvalue weighted by molar-refractivity contribution is 6.03. The first-order valence-corrected chi connectivity index (χ1v) is 15.5. The predicted molar refractivity (Wildman–Crippen MR) is 181 cm³/mol. The van der Waals surface area contributed by atoms with Crippen LogP contribution >= 0.6 is 0 Å². The number of piperidine rings is 1. The summed E-state index contributed by atoms with van der Waals surface area (Å²) in [5.74, 6) is -0.347. The van der Waals surface area contributed by atoms with E-state index >= 15 is 0 Å². The predicted octanol–water partition coefficient (Wildman–Crippen LogP) is 6.07. The number of ether oxygens (including phenoxy) is 1.